The van der Waals surface area contributed by atoms with Crippen molar-refractivity contribution in [2.75, 3.05) is 13.1 Å². The van der Waals surface area contributed by atoms with E-state index in [2.05, 4.69) is 15.5 Å². The van der Waals surface area contributed by atoms with Gasteiger partial charge < -0.3 is 10.6 Å². The van der Waals surface area contributed by atoms with Gasteiger partial charge in [0.05, 0.1) is 19.1 Å². The summed E-state index contributed by atoms with van der Waals surface area (Å²) in [5.74, 6) is 0.305. The van der Waals surface area contributed by atoms with E-state index >= 15 is 0 Å². The van der Waals surface area contributed by atoms with E-state index < -0.39 is 0 Å². The Balaban J connectivity index is 1.65. The monoisotopic (exact) mass is 387 g/mol. The van der Waals surface area contributed by atoms with Crippen LogP contribution in [0.3, 0.4) is 0 Å². The van der Waals surface area contributed by atoms with E-state index in [1.807, 2.05) is 16.8 Å². The lowest BCUT2D eigenvalue weighted by Crippen LogP contribution is -3.13. The molecule has 0 bridgehead atoms. The lowest BCUT2D eigenvalue weighted by Gasteiger charge is -2.34. The second kappa shape index (κ2) is 8.34. The van der Waals surface area contributed by atoms with Crippen molar-refractivity contribution in [3.8, 4) is 0 Å². The first-order valence-corrected chi connectivity index (χ1v) is 10.3. The molecule has 8 heteroatoms. The van der Waals surface area contributed by atoms with Gasteiger partial charge in [0, 0.05) is 24.3 Å². The van der Waals surface area contributed by atoms with Gasteiger partial charge in [-0.05, 0) is 47.5 Å². The molecule has 3 N–H and O–H groups in total. The van der Waals surface area contributed by atoms with Crippen LogP contribution >= 0.6 is 0 Å². The Morgan fingerprint density at radius 3 is 2.43 bits per heavy atom. The normalized spacial score (nSPS) is 24.8. The zero-order chi connectivity index (χ0) is 19.5. The zero-order valence-corrected chi connectivity index (χ0v) is 16.1. The van der Waals surface area contributed by atoms with Crippen LogP contribution in [0.1, 0.15) is 68.4 Å². The molecule has 1 saturated carbocycles. The number of nitrogens with one attached hydrogen (secondary N) is 1. The van der Waals surface area contributed by atoms with Crippen molar-refractivity contribution in [3.63, 3.8) is 0 Å². The maximum absolute atomic E-state index is 13.5. The summed E-state index contributed by atoms with van der Waals surface area (Å²) in [6.07, 6.45) is 7.35. The van der Waals surface area contributed by atoms with Gasteiger partial charge in [0.15, 0.2) is 6.04 Å². The van der Waals surface area contributed by atoms with E-state index in [4.69, 9.17) is 5.73 Å². The molecule has 28 heavy (non-hydrogen) atoms. The maximum Gasteiger partial charge on any atom is 0.220 e. The predicted octanol–water partition coefficient (Wildman–Crippen LogP) is 1.19. The number of amides is 1. The third kappa shape index (κ3) is 3.92. The molecule has 1 aromatic carbocycles. The Kier molecular flexibility index (Phi) is 5.66. The SMILES string of the molecule is NC(=O)C1CC[NH+]([C@@H](c2ccc(F)cc2)c2nnnn2C2CCCCC2)CC1. The molecule has 150 valence electrons. The number of halogens is 1. The lowest BCUT2D eigenvalue weighted by atomic mass is 9.92. The van der Waals surface area contributed by atoms with Gasteiger partial charge >= 0.3 is 0 Å². The van der Waals surface area contributed by atoms with Gasteiger partial charge in [-0.3, -0.25) is 4.79 Å². The predicted molar refractivity (Wildman–Crippen MR) is 101 cm³/mol. The number of hydrogen-bond acceptors (Lipinski definition) is 4. The number of piperidine rings is 1. The summed E-state index contributed by atoms with van der Waals surface area (Å²) < 4.78 is 15.5. The van der Waals surface area contributed by atoms with E-state index in [0.29, 0.717) is 6.04 Å². The molecule has 1 aliphatic heterocycles. The molecule has 1 saturated heterocycles. The smallest absolute Gasteiger partial charge is 0.220 e. The van der Waals surface area contributed by atoms with Crippen molar-refractivity contribution in [3.05, 3.63) is 41.5 Å². The molecule has 2 aliphatic rings. The molecule has 1 amide bonds. The van der Waals surface area contributed by atoms with Crippen LogP contribution in [0, 0.1) is 11.7 Å². The largest absolute Gasteiger partial charge is 0.369 e. The van der Waals surface area contributed by atoms with E-state index in [1.165, 1.54) is 36.3 Å². The summed E-state index contributed by atoms with van der Waals surface area (Å²) in [5, 5.41) is 12.8. The summed E-state index contributed by atoms with van der Waals surface area (Å²) in [6.45, 7) is 1.63. The Hall–Kier alpha value is -2.35. The zero-order valence-electron chi connectivity index (χ0n) is 16.1. The number of rotatable bonds is 5. The van der Waals surface area contributed by atoms with Crippen molar-refractivity contribution in [2.45, 2.75) is 57.0 Å². The Morgan fingerprint density at radius 2 is 1.79 bits per heavy atom. The summed E-state index contributed by atoms with van der Waals surface area (Å²) >= 11 is 0. The minimum atomic E-state index is -0.253. The second-order valence-corrected chi connectivity index (χ2v) is 8.09. The molecule has 1 atom stereocenters. The van der Waals surface area contributed by atoms with E-state index in [-0.39, 0.29) is 23.7 Å². The van der Waals surface area contributed by atoms with Crippen LogP contribution in [0.2, 0.25) is 0 Å². The summed E-state index contributed by atoms with van der Waals surface area (Å²) in [5.41, 5.74) is 6.51. The van der Waals surface area contributed by atoms with Crippen LogP contribution in [0.4, 0.5) is 4.39 Å². The average molecular weight is 387 g/mol. The fourth-order valence-electron chi connectivity index (χ4n) is 4.76. The minimum Gasteiger partial charge on any atom is -0.369 e. The van der Waals surface area contributed by atoms with Crippen LogP contribution in [-0.2, 0) is 4.79 Å². The number of benzene rings is 1. The summed E-state index contributed by atoms with van der Waals surface area (Å²) in [6, 6.07) is 6.88. The average Bonchev–Trinajstić information content (AvgIpc) is 3.20. The molecule has 2 heterocycles. The molecule has 0 radical (unpaired) electrons. The number of nitrogens with zero attached hydrogens (tertiary/aromatic N) is 4. The highest BCUT2D eigenvalue weighted by molar-refractivity contribution is 5.76. The Bertz CT molecular complexity index is 793. The van der Waals surface area contributed by atoms with Crippen LogP contribution in [0.5, 0.6) is 0 Å². The van der Waals surface area contributed by atoms with Crippen molar-refractivity contribution >= 4 is 5.91 Å². The van der Waals surface area contributed by atoms with Gasteiger partial charge in [0.25, 0.3) is 0 Å². The lowest BCUT2D eigenvalue weighted by molar-refractivity contribution is -0.931. The first-order valence-electron chi connectivity index (χ1n) is 10.3. The van der Waals surface area contributed by atoms with E-state index in [9.17, 15) is 9.18 Å². The van der Waals surface area contributed by atoms with Crippen LogP contribution in [0.25, 0.3) is 0 Å². The van der Waals surface area contributed by atoms with Crippen LogP contribution < -0.4 is 10.6 Å². The fraction of sp³-hybridized carbons (Fsp3) is 0.600. The Morgan fingerprint density at radius 1 is 1.11 bits per heavy atom. The number of primary amides is 1. The molecule has 0 unspecified atom stereocenters. The van der Waals surface area contributed by atoms with Gasteiger partial charge in [-0.2, -0.15) is 0 Å². The molecular formula is C20H28FN6O+. The van der Waals surface area contributed by atoms with Crippen molar-refractivity contribution in [2.24, 2.45) is 11.7 Å². The molecule has 1 aromatic heterocycles. The standard InChI is InChI=1S/C20H27FN6O/c21-16-8-6-14(7-9-16)18(26-12-10-15(11-13-26)19(22)28)20-23-24-25-27(20)17-4-2-1-3-5-17/h6-9,15,17-18H,1-5,10-13H2,(H2,22,28)/p+1/t18-/m0/s1. The maximum atomic E-state index is 13.5. The summed E-state index contributed by atoms with van der Waals surface area (Å²) in [7, 11) is 0. The number of carbonyl (C=O) groups excluding carboxylic acids is 1. The summed E-state index contributed by atoms with van der Waals surface area (Å²) in [4.78, 5) is 12.9. The quantitative estimate of drug-likeness (QED) is 0.806. The van der Waals surface area contributed by atoms with Gasteiger partial charge in [-0.15, -0.1) is 5.10 Å². The highest BCUT2D eigenvalue weighted by Gasteiger charge is 2.37. The number of tetrazole rings is 1. The molecular weight excluding hydrogens is 359 g/mol. The van der Waals surface area contributed by atoms with Gasteiger partial charge in [-0.1, -0.05) is 19.3 Å². The van der Waals surface area contributed by atoms with Crippen molar-refractivity contribution < 1.29 is 14.1 Å². The molecule has 2 aromatic rings. The Labute approximate surface area is 164 Å². The number of nitrogens with two attached hydrogens (primary N) is 1. The molecule has 1 aliphatic carbocycles. The molecule has 7 nitrogen and oxygen atoms in total. The topological polar surface area (TPSA) is 91.1 Å². The van der Waals surface area contributed by atoms with E-state index in [0.717, 1.165) is 50.2 Å². The number of aromatic nitrogens is 4. The van der Waals surface area contributed by atoms with Crippen LogP contribution in [0.15, 0.2) is 24.3 Å². The molecule has 0 spiro atoms. The highest BCUT2D eigenvalue weighted by atomic mass is 19.1. The third-order valence-electron chi connectivity index (χ3n) is 6.34. The first-order chi connectivity index (χ1) is 13.6. The van der Waals surface area contributed by atoms with Crippen molar-refractivity contribution in [1.29, 1.82) is 0 Å². The van der Waals surface area contributed by atoms with Gasteiger partial charge in [0.2, 0.25) is 11.7 Å². The minimum absolute atomic E-state index is 0.0630. The highest BCUT2D eigenvalue weighted by Crippen LogP contribution is 2.30. The first kappa shape index (κ1) is 19.0. The number of likely N-dealkylation sites (tertiary alicyclic amines) is 1. The molecule has 2 fully saturated rings. The number of hydrogen-bond donors (Lipinski definition) is 2. The second-order valence-electron chi connectivity index (χ2n) is 8.09. The fourth-order valence-corrected chi connectivity index (χ4v) is 4.76. The molecule has 4 rings (SSSR count). The van der Waals surface area contributed by atoms with E-state index in [1.54, 1.807) is 0 Å². The number of quaternary nitrogens is 1. The van der Waals surface area contributed by atoms with Crippen molar-refractivity contribution in [1.82, 2.24) is 20.2 Å². The van der Waals surface area contributed by atoms with Gasteiger partial charge in [0.1, 0.15) is 5.82 Å². The third-order valence-corrected chi connectivity index (χ3v) is 6.34. The van der Waals surface area contributed by atoms with Gasteiger partial charge in [-0.25, -0.2) is 9.07 Å². The van der Waals surface area contributed by atoms with Crippen LogP contribution in [-0.4, -0.2) is 39.2 Å². The number of carbonyl (C=O) groups is 1.